The first-order valence-electron chi connectivity index (χ1n) is 14.7. The number of rotatable bonds is 14. The molecule has 7 nitrogen and oxygen atoms in total. The molecular weight excluding hydrogens is 498 g/mol. The van der Waals surface area contributed by atoms with Gasteiger partial charge in [-0.05, 0) is 73.9 Å². The first-order valence-corrected chi connectivity index (χ1v) is 17.6. The van der Waals surface area contributed by atoms with Crippen LogP contribution in [0.5, 0.6) is 0 Å². The first kappa shape index (κ1) is 31.7. The van der Waals surface area contributed by atoms with Crippen LogP contribution in [0.2, 0.25) is 18.1 Å². The Balaban J connectivity index is 1.77. The fourth-order valence-electron chi connectivity index (χ4n) is 6.12. The fourth-order valence-corrected chi connectivity index (χ4v) is 7.50. The van der Waals surface area contributed by atoms with Crippen LogP contribution >= 0.6 is 0 Å². The smallest absolute Gasteiger partial charge is 0.192 e. The highest BCUT2D eigenvalue weighted by Crippen LogP contribution is 2.48. The lowest BCUT2D eigenvalue weighted by Gasteiger charge is -2.42. The van der Waals surface area contributed by atoms with Gasteiger partial charge in [0.25, 0.3) is 0 Å². The summed E-state index contributed by atoms with van der Waals surface area (Å²) in [6.45, 7) is 16.7. The van der Waals surface area contributed by atoms with E-state index in [4.69, 9.17) is 28.1 Å². The second-order valence-electron chi connectivity index (χ2n) is 13.0. The summed E-state index contributed by atoms with van der Waals surface area (Å²) in [6.07, 6.45) is 10.5. The van der Waals surface area contributed by atoms with Crippen LogP contribution in [0.4, 0.5) is 0 Å². The average molecular weight is 552 g/mol. The minimum atomic E-state index is -1.99. The zero-order valence-electron chi connectivity index (χ0n) is 24.9. The van der Waals surface area contributed by atoms with Gasteiger partial charge in [-0.3, -0.25) is 0 Å². The van der Waals surface area contributed by atoms with E-state index in [1.165, 1.54) is 0 Å². The predicted molar refractivity (Wildman–Crippen MR) is 151 cm³/mol. The van der Waals surface area contributed by atoms with Gasteiger partial charge in [0.2, 0.25) is 0 Å². The zero-order chi connectivity index (χ0) is 27.8. The lowest BCUT2D eigenvalue weighted by molar-refractivity contribution is -0.106. The molecule has 0 radical (unpaired) electrons. The highest BCUT2D eigenvalue weighted by molar-refractivity contribution is 6.74. The second-order valence-corrected chi connectivity index (χ2v) is 17.8. The topological polar surface area (TPSA) is 79.2 Å². The van der Waals surface area contributed by atoms with E-state index in [1.54, 1.807) is 7.11 Å². The first-order chi connectivity index (χ1) is 18.1. The van der Waals surface area contributed by atoms with Gasteiger partial charge in [0, 0.05) is 25.6 Å². The quantitative estimate of drug-likeness (QED) is 0.108. The van der Waals surface area contributed by atoms with Crippen molar-refractivity contribution in [1.82, 2.24) is 0 Å². The number of allylic oxidation sites excluding steroid dienone is 1. The zero-order valence-corrected chi connectivity index (χ0v) is 25.9. The summed E-state index contributed by atoms with van der Waals surface area (Å²) in [5.74, 6) is 1.70. The van der Waals surface area contributed by atoms with Crippen LogP contribution in [-0.4, -0.2) is 67.1 Å². The molecule has 8 heteroatoms. The lowest BCUT2D eigenvalue weighted by Crippen LogP contribution is -2.47. The Kier molecular flexibility index (Phi) is 12.3. The molecule has 2 fully saturated rings. The molecule has 0 aromatic heterocycles. The highest BCUT2D eigenvalue weighted by atomic mass is 28.4. The van der Waals surface area contributed by atoms with E-state index in [1.807, 2.05) is 0 Å². The molecule has 0 bridgehead atoms. The van der Waals surface area contributed by atoms with E-state index in [0.717, 1.165) is 32.1 Å². The number of fused-ring (bicyclic) bond motifs is 1. The van der Waals surface area contributed by atoms with Crippen molar-refractivity contribution < 1.29 is 28.1 Å². The van der Waals surface area contributed by atoms with Gasteiger partial charge < -0.3 is 28.1 Å². The number of hydrogen-bond acceptors (Lipinski definition) is 7. The Bertz CT molecular complexity index is 772. The summed E-state index contributed by atoms with van der Waals surface area (Å²) < 4.78 is 35.5. The molecule has 218 valence electrons. The van der Waals surface area contributed by atoms with Gasteiger partial charge in [-0.15, -0.1) is 0 Å². The second kappa shape index (κ2) is 14.7. The minimum Gasteiger partial charge on any atom is -0.414 e. The average Bonchev–Trinajstić information content (AvgIpc) is 3.49. The maximum atomic E-state index is 9.80. The molecule has 0 unspecified atom stereocenters. The van der Waals surface area contributed by atoms with Crippen molar-refractivity contribution in [3.8, 4) is 6.07 Å². The summed E-state index contributed by atoms with van der Waals surface area (Å²) in [6, 6.07) is 2.51. The standard InChI is InChI=1S/C30H53NO6Si/c1-22(8-13-29-34-18-19-35-29)24(14-15-31)23-9-10-25-26(11-12-27(25)36-21-33-17-16-32-5)28(20-23)37-38(6,7)30(2,3)4/h9-10,22-29H,8,11-14,16-21H2,1-7H3/t22-,23+,24+,25+,26+,27-,28-/m0/s1. The molecular formula is C30H53NO6Si. The van der Waals surface area contributed by atoms with Crippen molar-refractivity contribution >= 4 is 8.32 Å². The number of hydrogen-bond donors (Lipinski definition) is 0. The normalized spacial score (nSPS) is 30.1. The molecule has 2 aliphatic carbocycles. The Morgan fingerprint density at radius 3 is 2.47 bits per heavy atom. The summed E-state index contributed by atoms with van der Waals surface area (Å²) >= 11 is 0. The SMILES string of the molecule is COCCOCO[C@H]1CC[C@@H]2[C@H]1C=C[C@@H]([C@H](CC#N)[C@@H](C)CCC1OCCO1)C[C@@H]2O[Si](C)(C)C(C)(C)C. The Morgan fingerprint density at radius 2 is 1.82 bits per heavy atom. The maximum absolute atomic E-state index is 9.80. The van der Waals surface area contributed by atoms with Crippen molar-refractivity contribution in [2.24, 2.45) is 29.6 Å². The molecule has 1 saturated carbocycles. The summed E-state index contributed by atoms with van der Waals surface area (Å²) in [4.78, 5) is 0. The summed E-state index contributed by atoms with van der Waals surface area (Å²) in [5, 5.41) is 9.94. The monoisotopic (exact) mass is 551 g/mol. The molecule has 38 heavy (non-hydrogen) atoms. The van der Waals surface area contributed by atoms with Gasteiger partial charge in [0.1, 0.15) is 6.79 Å². The van der Waals surface area contributed by atoms with Gasteiger partial charge in [0.05, 0.1) is 38.6 Å². The van der Waals surface area contributed by atoms with Crippen LogP contribution in [0.3, 0.4) is 0 Å². The van der Waals surface area contributed by atoms with Crippen LogP contribution in [0, 0.1) is 40.9 Å². The van der Waals surface area contributed by atoms with Crippen LogP contribution in [0.25, 0.3) is 0 Å². The molecule has 0 aromatic carbocycles. The number of nitriles is 1. The molecule has 0 aromatic rings. The van der Waals surface area contributed by atoms with Gasteiger partial charge in [-0.1, -0.05) is 39.8 Å². The highest BCUT2D eigenvalue weighted by Gasteiger charge is 2.47. The van der Waals surface area contributed by atoms with E-state index in [9.17, 15) is 5.26 Å². The van der Waals surface area contributed by atoms with Crippen LogP contribution in [-0.2, 0) is 28.1 Å². The van der Waals surface area contributed by atoms with E-state index < -0.39 is 8.32 Å². The van der Waals surface area contributed by atoms with E-state index in [-0.39, 0.29) is 29.5 Å². The van der Waals surface area contributed by atoms with Crippen molar-refractivity contribution in [2.45, 2.75) is 103 Å². The van der Waals surface area contributed by atoms with Gasteiger partial charge >= 0.3 is 0 Å². The summed E-state index contributed by atoms with van der Waals surface area (Å²) in [5.41, 5.74) is 0. The van der Waals surface area contributed by atoms with Crippen molar-refractivity contribution in [3.63, 3.8) is 0 Å². The molecule has 3 aliphatic rings. The van der Waals surface area contributed by atoms with Gasteiger partial charge in [-0.25, -0.2) is 0 Å². The largest absolute Gasteiger partial charge is 0.414 e. The van der Waals surface area contributed by atoms with Gasteiger partial charge in [0.15, 0.2) is 14.6 Å². The van der Waals surface area contributed by atoms with E-state index in [2.05, 4.69) is 59.0 Å². The Morgan fingerprint density at radius 1 is 1.08 bits per heavy atom. The molecule has 0 amide bonds. The lowest BCUT2D eigenvalue weighted by atomic mass is 9.75. The minimum absolute atomic E-state index is 0.0945. The number of methoxy groups -OCH3 is 1. The molecule has 0 N–H and O–H groups in total. The van der Waals surface area contributed by atoms with Crippen LogP contribution < -0.4 is 0 Å². The molecule has 1 heterocycles. The Hall–Kier alpha value is -0.793. The predicted octanol–water partition coefficient (Wildman–Crippen LogP) is 6.30. The third-order valence-corrected chi connectivity index (χ3v) is 14.0. The van der Waals surface area contributed by atoms with Crippen LogP contribution in [0.15, 0.2) is 12.2 Å². The number of nitrogens with zero attached hydrogens (tertiary/aromatic N) is 1. The van der Waals surface area contributed by atoms with E-state index in [0.29, 0.717) is 63.3 Å². The third-order valence-electron chi connectivity index (χ3n) is 9.48. The molecule has 0 spiro atoms. The maximum Gasteiger partial charge on any atom is 0.192 e. The van der Waals surface area contributed by atoms with Crippen molar-refractivity contribution in [1.29, 1.82) is 5.26 Å². The fraction of sp³-hybridized carbons (Fsp3) is 0.900. The molecule has 3 rings (SSSR count). The van der Waals surface area contributed by atoms with E-state index >= 15 is 0 Å². The summed E-state index contributed by atoms with van der Waals surface area (Å²) in [7, 11) is -0.307. The molecule has 1 saturated heterocycles. The molecule has 1 aliphatic heterocycles. The Labute approximate surface area is 232 Å². The van der Waals surface area contributed by atoms with Crippen molar-refractivity contribution in [2.75, 3.05) is 40.3 Å². The van der Waals surface area contributed by atoms with Crippen LogP contribution in [0.1, 0.15) is 66.2 Å². The van der Waals surface area contributed by atoms with Crippen molar-refractivity contribution in [3.05, 3.63) is 12.2 Å². The number of ether oxygens (including phenoxy) is 5. The van der Waals surface area contributed by atoms with Gasteiger partial charge in [-0.2, -0.15) is 5.26 Å². The molecule has 7 atom stereocenters. The third kappa shape index (κ3) is 8.60.